The highest BCUT2D eigenvalue weighted by atomic mass is 19.4. The van der Waals surface area contributed by atoms with Crippen LogP contribution in [-0.2, 0) is 6.18 Å². The van der Waals surface area contributed by atoms with E-state index in [1.54, 1.807) is 6.92 Å². The molecule has 19 heavy (non-hydrogen) atoms. The molecule has 1 aromatic rings. The van der Waals surface area contributed by atoms with Crippen molar-refractivity contribution in [3.8, 4) is 12.3 Å². The van der Waals surface area contributed by atoms with Gasteiger partial charge in [0.05, 0.1) is 10.5 Å². The van der Waals surface area contributed by atoms with Gasteiger partial charge in [-0.25, -0.2) is 0 Å². The van der Waals surface area contributed by atoms with Gasteiger partial charge in [-0.05, 0) is 13.0 Å². The molecule has 0 aliphatic carbocycles. The molecular weight excluding hydrogens is 261 g/mol. The van der Waals surface area contributed by atoms with E-state index in [-0.39, 0.29) is 18.2 Å². The Morgan fingerprint density at radius 1 is 1.53 bits per heavy atom. The molecule has 1 unspecified atom stereocenters. The molecule has 1 aromatic carbocycles. The standard InChI is InChI=1S/C12H11F3N2O2/c1-3-4-8(2)16-11-6-5-9(17(18)19)7-10(11)12(13,14)15/h1,5-8,16H,4H2,2H3. The van der Waals surface area contributed by atoms with Gasteiger partial charge in [-0.15, -0.1) is 12.3 Å². The van der Waals surface area contributed by atoms with Crippen LogP contribution < -0.4 is 5.32 Å². The molecule has 1 atom stereocenters. The summed E-state index contributed by atoms with van der Waals surface area (Å²) in [6.45, 7) is 1.63. The Morgan fingerprint density at radius 3 is 2.63 bits per heavy atom. The predicted octanol–water partition coefficient (Wildman–Crippen LogP) is 3.44. The minimum absolute atomic E-state index is 0.221. The van der Waals surface area contributed by atoms with Gasteiger partial charge in [-0.1, -0.05) is 0 Å². The summed E-state index contributed by atoms with van der Waals surface area (Å²) in [5.41, 5.74) is -1.91. The Kier molecular flexibility index (Phi) is 4.38. The van der Waals surface area contributed by atoms with E-state index in [1.807, 2.05) is 0 Å². The summed E-state index contributed by atoms with van der Waals surface area (Å²) in [6, 6.07) is 2.19. The van der Waals surface area contributed by atoms with Crippen molar-refractivity contribution in [2.45, 2.75) is 25.6 Å². The quantitative estimate of drug-likeness (QED) is 0.519. The summed E-state index contributed by atoms with van der Waals surface area (Å²) < 4.78 is 38.5. The van der Waals surface area contributed by atoms with Gasteiger partial charge in [-0.2, -0.15) is 13.2 Å². The molecule has 0 saturated carbocycles. The summed E-state index contributed by atoms with van der Waals surface area (Å²) in [5.74, 6) is 2.32. The molecule has 4 nitrogen and oxygen atoms in total. The molecule has 1 N–H and O–H groups in total. The lowest BCUT2D eigenvalue weighted by molar-refractivity contribution is -0.385. The van der Waals surface area contributed by atoms with Crippen molar-refractivity contribution < 1.29 is 18.1 Å². The van der Waals surface area contributed by atoms with Gasteiger partial charge in [0.15, 0.2) is 0 Å². The second-order valence-electron chi connectivity index (χ2n) is 3.94. The lowest BCUT2D eigenvalue weighted by Gasteiger charge is -2.17. The van der Waals surface area contributed by atoms with Crippen molar-refractivity contribution >= 4 is 11.4 Å². The molecular formula is C12H11F3N2O2. The molecule has 0 spiro atoms. The average molecular weight is 272 g/mol. The van der Waals surface area contributed by atoms with Gasteiger partial charge < -0.3 is 5.32 Å². The third-order valence-electron chi connectivity index (χ3n) is 2.35. The van der Waals surface area contributed by atoms with E-state index in [2.05, 4.69) is 11.2 Å². The van der Waals surface area contributed by atoms with Crippen LogP contribution in [0.15, 0.2) is 18.2 Å². The molecule has 7 heteroatoms. The SMILES string of the molecule is C#CCC(C)Nc1ccc([N+](=O)[O-])cc1C(F)(F)F. The van der Waals surface area contributed by atoms with Gasteiger partial charge in [-0.3, -0.25) is 10.1 Å². The number of hydrogen-bond acceptors (Lipinski definition) is 3. The van der Waals surface area contributed by atoms with Crippen molar-refractivity contribution in [2.75, 3.05) is 5.32 Å². The zero-order chi connectivity index (χ0) is 14.6. The second kappa shape index (κ2) is 5.61. The summed E-state index contributed by atoms with van der Waals surface area (Å²) in [4.78, 5) is 9.64. The van der Waals surface area contributed by atoms with E-state index in [9.17, 15) is 23.3 Å². The molecule has 0 radical (unpaired) electrons. The highest BCUT2D eigenvalue weighted by molar-refractivity contribution is 5.57. The first-order valence-electron chi connectivity index (χ1n) is 5.31. The minimum Gasteiger partial charge on any atom is -0.381 e. The molecule has 0 aromatic heterocycles. The lowest BCUT2D eigenvalue weighted by Crippen LogP contribution is -2.18. The second-order valence-corrected chi connectivity index (χ2v) is 3.94. The van der Waals surface area contributed by atoms with Crippen LogP contribution in [-0.4, -0.2) is 11.0 Å². The molecule has 0 bridgehead atoms. The number of non-ortho nitro benzene ring substituents is 1. The molecule has 0 heterocycles. The molecule has 0 saturated heterocycles. The smallest absolute Gasteiger partial charge is 0.381 e. The molecule has 0 amide bonds. The summed E-state index contributed by atoms with van der Waals surface area (Å²) >= 11 is 0. The lowest BCUT2D eigenvalue weighted by atomic mass is 10.1. The first kappa shape index (κ1) is 14.8. The molecule has 1 rings (SSSR count). The third kappa shape index (κ3) is 3.88. The monoisotopic (exact) mass is 272 g/mol. The number of terminal acetylenes is 1. The molecule has 0 aliphatic rings. The highest BCUT2D eigenvalue weighted by Crippen LogP contribution is 2.37. The fraction of sp³-hybridized carbons (Fsp3) is 0.333. The number of halogens is 3. The van der Waals surface area contributed by atoms with Crippen molar-refractivity contribution in [3.05, 3.63) is 33.9 Å². The maximum absolute atomic E-state index is 12.8. The van der Waals surface area contributed by atoms with Gasteiger partial charge >= 0.3 is 6.18 Å². The largest absolute Gasteiger partial charge is 0.418 e. The Balaban J connectivity index is 3.17. The van der Waals surface area contributed by atoms with Crippen LogP contribution in [0.3, 0.4) is 0 Å². The zero-order valence-corrected chi connectivity index (χ0v) is 9.99. The van der Waals surface area contributed by atoms with Crippen LogP contribution in [0, 0.1) is 22.5 Å². The number of nitrogens with zero attached hydrogens (tertiary/aromatic N) is 1. The number of hydrogen-bond donors (Lipinski definition) is 1. The summed E-state index contributed by atoms with van der Waals surface area (Å²) in [6.07, 6.45) is 0.637. The van der Waals surface area contributed by atoms with Gasteiger partial charge in [0.2, 0.25) is 0 Å². The van der Waals surface area contributed by atoms with Crippen molar-refractivity contribution in [3.63, 3.8) is 0 Å². The average Bonchev–Trinajstić information content (AvgIpc) is 2.27. The van der Waals surface area contributed by atoms with E-state index in [0.717, 1.165) is 12.1 Å². The summed E-state index contributed by atoms with van der Waals surface area (Å²) in [5, 5.41) is 13.1. The molecule has 102 valence electrons. The Morgan fingerprint density at radius 2 is 2.16 bits per heavy atom. The molecule has 0 aliphatic heterocycles. The van der Waals surface area contributed by atoms with Crippen molar-refractivity contribution in [2.24, 2.45) is 0 Å². The Labute approximate surface area is 107 Å². The van der Waals surface area contributed by atoms with Gasteiger partial charge in [0.25, 0.3) is 5.69 Å². The maximum atomic E-state index is 12.8. The summed E-state index contributed by atoms with van der Waals surface area (Å²) in [7, 11) is 0. The first-order chi connectivity index (χ1) is 8.75. The first-order valence-corrected chi connectivity index (χ1v) is 5.31. The van der Waals surface area contributed by atoms with Crippen LogP contribution >= 0.6 is 0 Å². The number of nitrogens with one attached hydrogen (secondary N) is 1. The number of rotatable bonds is 4. The third-order valence-corrected chi connectivity index (χ3v) is 2.35. The number of nitro benzene ring substituents is 1. The molecule has 0 fully saturated rings. The van der Waals surface area contributed by atoms with E-state index in [1.165, 1.54) is 0 Å². The van der Waals surface area contributed by atoms with Crippen LogP contribution in [0.2, 0.25) is 0 Å². The minimum atomic E-state index is -4.68. The number of benzene rings is 1. The topological polar surface area (TPSA) is 55.2 Å². The Hall–Kier alpha value is -2.23. The number of alkyl halides is 3. The van der Waals surface area contributed by atoms with Crippen LogP contribution in [0.4, 0.5) is 24.5 Å². The predicted molar refractivity (Wildman–Crippen MR) is 64.6 cm³/mol. The van der Waals surface area contributed by atoms with Gasteiger partial charge in [0.1, 0.15) is 0 Å². The van der Waals surface area contributed by atoms with Crippen molar-refractivity contribution in [1.29, 1.82) is 0 Å². The maximum Gasteiger partial charge on any atom is 0.418 e. The number of nitro groups is 1. The zero-order valence-electron chi connectivity index (χ0n) is 9.99. The van der Waals surface area contributed by atoms with Crippen LogP contribution in [0.5, 0.6) is 0 Å². The van der Waals surface area contributed by atoms with Crippen molar-refractivity contribution in [1.82, 2.24) is 0 Å². The fourth-order valence-corrected chi connectivity index (χ4v) is 1.50. The highest BCUT2D eigenvalue weighted by Gasteiger charge is 2.35. The number of anilines is 1. The van der Waals surface area contributed by atoms with E-state index >= 15 is 0 Å². The van der Waals surface area contributed by atoms with Crippen LogP contribution in [0.1, 0.15) is 18.9 Å². The fourth-order valence-electron chi connectivity index (χ4n) is 1.50. The Bertz CT molecular complexity index is 521. The van der Waals surface area contributed by atoms with E-state index < -0.39 is 22.4 Å². The van der Waals surface area contributed by atoms with E-state index in [4.69, 9.17) is 6.42 Å². The normalized spacial score (nSPS) is 12.6. The van der Waals surface area contributed by atoms with E-state index in [0.29, 0.717) is 6.07 Å². The van der Waals surface area contributed by atoms with Crippen LogP contribution in [0.25, 0.3) is 0 Å². The van der Waals surface area contributed by atoms with Gasteiger partial charge in [0, 0.05) is 30.3 Å².